The molecule has 22 heavy (non-hydrogen) atoms. The van der Waals surface area contributed by atoms with Crippen LogP contribution in [-0.4, -0.2) is 32.7 Å². The van der Waals surface area contributed by atoms with E-state index < -0.39 is 4.92 Å². The Hall–Kier alpha value is -1.89. The lowest BCUT2D eigenvalue weighted by Gasteiger charge is -2.15. The van der Waals surface area contributed by atoms with Crippen LogP contribution in [0.4, 0.5) is 11.4 Å². The van der Waals surface area contributed by atoms with E-state index >= 15 is 0 Å². The van der Waals surface area contributed by atoms with Gasteiger partial charge in [-0.3, -0.25) is 19.8 Å². The van der Waals surface area contributed by atoms with Crippen LogP contribution < -0.4 is 0 Å². The van der Waals surface area contributed by atoms with E-state index in [-0.39, 0.29) is 16.8 Å². The van der Waals surface area contributed by atoms with E-state index in [2.05, 4.69) is 11.9 Å². The molecule has 1 amide bonds. The quantitative estimate of drug-likeness (QED) is 0.612. The number of aryl methyl sites for hydroxylation is 1. The van der Waals surface area contributed by atoms with Crippen molar-refractivity contribution in [3.8, 4) is 0 Å². The van der Waals surface area contributed by atoms with Gasteiger partial charge in [-0.2, -0.15) is 0 Å². The molecule has 0 aliphatic carbocycles. The van der Waals surface area contributed by atoms with Gasteiger partial charge in [-0.25, -0.2) is 4.99 Å². The van der Waals surface area contributed by atoms with Crippen molar-refractivity contribution in [2.45, 2.75) is 38.9 Å². The third-order valence-electron chi connectivity index (χ3n) is 3.47. The average molecular weight is 321 g/mol. The molecule has 1 aromatic carbocycles. The van der Waals surface area contributed by atoms with Crippen LogP contribution in [0.3, 0.4) is 0 Å². The highest BCUT2D eigenvalue weighted by molar-refractivity contribution is 8.15. The standard InChI is InChI=1S/C15H19N3O3S/c1-4-5-8-17-14(19)11(3)22-15(17)16-13-7-6-12(18(20)21)9-10(13)2/h6-7,9,11H,4-5,8H2,1-3H3. The number of rotatable bonds is 5. The van der Waals surface area contributed by atoms with Crippen LogP contribution in [0, 0.1) is 17.0 Å². The SMILES string of the molecule is CCCCN1C(=O)C(C)SC1=Nc1ccc([N+](=O)[O-])cc1C. The summed E-state index contributed by atoms with van der Waals surface area (Å²) in [4.78, 5) is 28.8. The minimum atomic E-state index is -0.423. The van der Waals surface area contributed by atoms with Crippen LogP contribution in [0.5, 0.6) is 0 Å². The van der Waals surface area contributed by atoms with Gasteiger partial charge in [0.2, 0.25) is 5.91 Å². The van der Waals surface area contributed by atoms with Crippen molar-refractivity contribution in [2.75, 3.05) is 6.54 Å². The van der Waals surface area contributed by atoms with Crippen LogP contribution in [0.15, 0.2) is 23.2 Å². The maximum Gasteiger partial charge on any atom is 0.269 e. The molecule has 0 radical (unpaired) electrons. The monoisotopic (exact) mass is 321 g/mol. The van der Waals surface area contributed by atoms with Crippen molar-refractivity contribution >= 4 is 34.2 Å². The van der Waals surface area contributed by atoms with Gasteiger partial charge in [0.25, 0.3) is 5.69 Å². The number of nitro benzene ring substituents is 1. The lowest BCUT2D eigenvalue weighted by Crippen LogP contribution is -2.32. The molecule has 118 valence electrons. The van der Waals surface area contributed by atoms with Gasteiger partial charge in [-0.05, 0) is 31.9 Å². The summed E-state index contributed by atoms with van der Waals surface area (Å²) in [6.07, 6.45) is 1.93. The molecule has 0 saturated carbocycles. The molecule has 1 atom stereocenters. The van der Waals surface area contributed by atoms with Crippen molar-refractivity contribution in [2.24, 2.45) is 4.99 Å². The van der Waals surface area contributed by atoms with Crippen LogP contribution in [-0.2, 0) is 4.79 Å². The minimum absolute atomic E-state index is 0.0489. The van der Waals surface area contributed by atoms with Gasteiger partial charge in [-0.1, -0.05) is 25.1 Å². The summed E-state index contributed by atoms with van der Waals surface area (Å²) in [5, 5.41) is 11.3. The lowest BCUT2D eigenvalue weighted by atomic mass is 10.2. The summed E-state index contributed by atoms with van der Waals surface area (Å²) in [6.45, 7) is 6.40. The van der Waals surface area contributed by atoms with Crippen LogP contribution in [0.25, 0.3) is 0 Å². The van der Waals surface area contributed by atoms with E-state index in [4.69, 9.17) is 0 Å². The number of nitro groups is 1. The molecular weight excluding hydrogens is 302 g/mol. The fourth-order valence-electron chi connectivity index (χ4n) is 2.18. The van der Waals surface area contributed by atoms with E-state index in [9.17, 15) is 14.9 Å². The molecule has 1 unspecified atom stereocenters. The Morgan fingerprint density at radius 3 is 2.77 bits per heavy atom. The maximum atomic E-state index is 12.2. The Bertz CT molecular complexity index is 630. The summed E-state index contributed by atoms with van der Waals surface area (Å²) in [7, 11) is 0. The molecule has 1 saturated heterocycles. The summed E-state index contributed by atoms with van der Waals surface area (Å²) in [6, 6.07) is 4.57. The smallest absolute Gasteiger partial charge is 0.269 e. The van der Waals surface area contributed by atoms with Gasteiger partial charge in [0.05, 0.1) is 15.9 Å². The zero-order chi connectivity index (χ0) is 16.3. The van der Waals surface area contributed by atoms with E-state index in [1.54, 1.807) is 17.9 Å². The van der Waals surface area contributed by atoms with Gasteiger partial charge in [0, 0.05) is 18.7 Å². The summed E-state index contributed by atoms with van der Waals surface area (Å²) in [5.74, 6) is 0.0803. The summed E-state index contributed by atoms with van der Waals surface area (Å²) >= 11 is 1.44. The normalized spacial score (nSPS) is 20.0. The number of amidine groups is 1. The van der Waals surface area contributed by atoms with Gasteiger partial charge in [-0.15, -0.1) is 0 Å². The maximum absolute atomic E-state index is 12.2. The molecule has 7 heteroatoms. The third-order valence-corrected chi connectivity index (χ3v) is 4.55. The Labute approximate surface area is 133 Å². The summed E-state index contributed by atoms with van der Waals surface area (Å²) < 4.78 is 0. The first kappa shape index (κ1) is 16.5. The predicted molar refractivity (Wildman–Crippen MR) is 88.6 cm³/mol. The first-order valence-electron chi connectivity index (χ1n) is 7.25. The van der Waals surface area contributed by atoms with Gasteiger partial charge in [0.1, 0.15) is 0 Å². The number of hydrogen-bond donors (Lipinski definition) is 0. The number of thioether (sulfide) groups is 1. The Morgan fingerprint density at radius 2 is 2.18 bits per heavy atom. The Morgan fingerprint density at radius 1 is 1.45 bits per heavy atom. The number of carbonyl (C=O) groups is 1. The molecule has 2 rings (SSSR count). The topological polar surface area (TPSA) is 75.8 Å². The Kier molecular flexibility index (Phi) is 5.18. The Balaban J connectivity index is 2.30. The zero-order valence-corrected chi connectivity index (χ0v) is 13.7. The van der Waals surface area contributed by atoms with Gasteiger partial charge in [0.15, 0.2) is 5.17 Å². The highest BCUT2D eigenvalue weighted by Gasteiger charge is 2.34. The van der Waals surface area contributed by atoms with Crippen molar-refractivity contribution in [1.82, 2.24) is 4.90 Å². The number of hydrogen-bond acceptors (Lipinski definition) is 5. The molecule has 1 heterocycles. The van der Waals surface area contributed by atoms with Crippen molar-refractivity contribution in [3.63, 3.8) is 0 Å². The predicted octanol–water partition coefficient (Wildman–Crippen LogP) is 3.65. The van der Waals surface area contributed by atoms with Crippen molar-refractivity contribution in [1.29, 1.82) is 0 Å². The molecule has 0 spiro atoms. The first-order valence-corrected chi connectivity index (χ1v) is 8.13. The molecule has 0 aromatic heterocycles. The average Bonchev–Trinajstić information content (AvgIpc) is 2.73. The van der Waals surface area contributed by atoms with E-state index in [1.165, 1.54) is 23.9 Å². The molecule has 1 aliphatic rings. The molecule has 1 fully saturated rings. The van der Waals surface area contributed by atoms with Gasteiger partial charge < -0.3 is 0 Å². The lowest BCUT2D eigenvalue weighted by molar-refractivity contribution is -0.384. The van der Waals surface area contributed by atoms with Crippen molar-refractivity contribution in [3.05, 3.63) is 33.9 Å². The second-order valence-electron chi connectivity index (χ2n) is 5.23. The fraction of sp³-hybridized carbons (Fsp3) is 0.467. The van der Waals surface area contributed by atoms with E-state index in [0.29, 0.717) is 17.4 Å². The number of nitrogens with zero attached hydrogens (tertiary/aromatic N) is 3. The number of unbranched alkanes of at least 4 members (excludes halogenated alkanes) is 1. The summed E-state index contributed by atoms with van der Waals surface area (Å²) in [5.41, 5.74) is 1.44. The number of carbonyl (C=O) groups excluding carboxylic acids is 1. The zero-order valence-electron chi connectivity index (χ0n) is 12.9. The number of benzene rings is 1. The molecule has 6 nitrogen and oxygen atoms in total. The first-order chi connectivity index (χ1) is 10.4. The van der Waals surface area contributed by atoms with Crippen molar-refractivity contribution < 1.29 is 9.72 Å². The second-order valence-corrected chi connectivity index (χ2v) is 6.53. The highest BCUT2D eigenvalue weighted by atomic mass is 32.2. The highest BCUT2D eigenvalue weighted by Crippen LogP contribution is 2.31. The molecule has 0 bridgehead atoms. The largest absolute Gasteiger partial charge is 0.290 e. The molecule has 0 N–H and O–H groups in total. The molecule has 1 aliphatic heterocycles. The number of aliphatic imine (C=N–C) groups is 1. The third kappa shape index (κ3) is 3.47. The van der Waals surface area contributed by atoms with Gasteiger partial charge >= 0.3 is 0 Å². The van der Waals surface area contributed by atoms with Crippen LogP contribution in [0.2, 0.25) is 0 Å². The van der Waals surface area contributed by atoms with E-state index in [0.717, 1.165) is 18.4 Å². The number of amides is 1. The van der Waals surface area contributed by atoms with Crippen LogP contribution in [0.1, 0.15) is 32.3 Å². The molecular formula is C15H19N3O3S. The minimum Gasteiger partial charge on any atom is -0.290 e. The van der Waals surface area contributed by atoms with E-state index in [1.807, 2.05) is 6.92 Å². The second kappa shape index (κ2) is 6.91. The number of non-ortho nitro benzene ring substituents is 1. The van der Waals surface area contributed by atoms with Crippen LogP contribution >= 0.6 is 11.8 Å². The molecule has 1 aromatic rings. The fourth-order valence-corrected chi connectivity index (χ4v) is 3.18.